The lowest BCUT2D eigenvalue weighted by molar-refractivity contribution is -0.123. The summed E-state index contributed by atoms with van der Waals surface area (Å²) in [6, 6.07) is 8.38. The molecule has 0 saturated carbocycles. The van der Waals surface area contributed by atoms with Crippen molar-refractivity contribution in [3.05, 3.63) is 35.4 Å². The Balaban J connectivity index is 2.86. The zero-order valence-electron chi connectivity index (χ0n) is 11.6. The van der Waals surface area contributed by atoms with E-state index < -0.39 is 15.9 Å². The normalized spacial score (nSPS) is 11.1. The van der Waals surface area contributed by atoms with E-state index in [0.717, 1.165) is 0 Å². The van der Waals surface area contributed by atoms with E-state index in [9.17, 15) is 13.2 Å². The van der Waals surface area contributed by atoms with Crippen molar-refractivity contribution in [2.75, 3.05) is 0 Å². The van der Waals surface area contributed by atoms with Crippen molar-refractivity contribution < 1.29 is 13.2 Å². The van der Waals surface area contributed by atoms with Gasteiger partial charge in [0.15, 0.2) is 0 Å². The van der Waals surface area contributed by atoms with E-state index in [1.54, 1.807) is 24.3 Å². The van der Waals surface area contributed by atoms with Crippen molar-refractivity contribution in [2.45, 2.75) is 32.4 Å². The van der Waals surface area contributed by atoms with Crippen LogP contribution in [0.25, 0.3) is 0 Å². The summed E-state index contributed by atoms with van der Waals surface area (Å²) < 4.78 is 26.0. The molecule has 1 N–H and O–H groups in total. The van der Waals surface area contributed by atoms with Crippen molar-refractivity contribution in [1.29, 1.82) is 5.26 Å². The van der Waals surface area contributed by atoms with Gasteiger partial charge in [-0.3, -0.25) is 9.52 Å². The van der Waals surface area contributed by atoms with Crippen LogP contribution in [0.15, 0.2) is 24.3 Å². The molecule has 0 aliphatic carbocycles. The predicted molar refractivity (Wildman–Crippen MR) is 76.0 cm³/mol. The van der Waals surface area contributed by atoms with Crippen molar-refractivity contribution in [3.63, 3.8) is 0 Å². The predicted octanol–water partition coefficient (Wildman–Crippen LogP) is 1.94. The summed E-state index contributed by atoms with van der Waals surface area (Å²) in [5.74, 6) is -1.16. The molecule has 108 valence electrons. The fourth-order valence-corrected chi connectivity index (χ4v) is 3.10. The Labute approximate surface area is 119 Å². The maximum Gasteiger partial charge on any atom is 0.239 e. The summed E-state index contributed by atoms with van der Waals surface area (Å²) in [5, 5.41) is 8.93. The van der Waals surface area contributed by atoms with Gasteiger partial charge in [-0.25, -0.2) is 8.42 Å². The van der Waals surface area contributed by atoms with Crippen LogP contribution in [0.1, 0.15) is 37.8 Å². The number of nitriles is 1. The molecule has 1 aromatic carbocycles. The van der Waals surface area contributed by atoms with Crippen molar-refractivity contribution >= 4 is 15.9 Å². The number of benzene rings is 1. The molecule has 0 aliphatic rings. The third kappa shape index (κ3) is 4.35. The summed E-state index contributed by atoms with van der Waals surface area (Å²) in [6.07, 6.45) is 1.18. The van der Waals surface area contributed by atoms with Gasteiger partial charge < -0.3 is 0 Å². The smallest absolute Gasteiger partial charge is 0.239 e. The van der Waals surface area contributed by atoms with Crippen LogP contribution < -0.4 is 4.72 Å². The van der Waals surface area contributed by atoms with Gasteiger partial charge in [-0.2, -0.15) is 5.26 Å². The highest BCUT2D eigenvalue weighted by Crippen LogP contribution is 2.12. The maximum absolute atomic E-state index is 12.0. The Bertz CT molecular complexity index is 614. The molecule has 6 heteroatoms. The lowest BCUT2D eigenvalue weighted by Gasteiger charge is -2.13. The molecule has 0 unspecified atom stereocenters. The average molecular weight is 294 g/mol. The molecule has 1 rings (SSSR count). The summed E-state index contributed by atoms with van der Waals surface area (Å²) >= 11 is 0. The third-order valence-electron chi connectivity index (χ3n) is 3.10. The molecule has 0 heterocycles. The zero-order chi connectivity index (χ0) is 15.2. The molecule has 1 amide bonds. The maximum atomic E-state index is 12.0. The van der Waals surface area contributed by atoms with E-state index in [4.69, 9.17) is 5.26 Å². The molecule has 0 aromatic heterocycles. The largest absolute Gasteiger partial charge is 0.274 e. The highest BCUT2D eigenvalue weighted by molar-refractivity contribution is 7.89. The summed E-state index contributed by atoms with van der Waals surface area (Å²) in [6.45, 7) is 3.68. The molecule has 0 radical (unpaired) electrons. The van der Waals surface area contributed by atoms with Crippen LogP contribution in [0.4, 0.5) is 0 Å². The minimum Gasteiger partial charge on any atom is -0.274 e. The Hall–Kier alpha value is -1.87. The van der Waals surface area contributed by atoms with E-state index in [0.29, 0.717) is 24.0 Å². The monoisotopic (exact) mass is 294 g/mol. The third-order valence-corrected chi connectivity index (χ3v) is 4.30. The molecule has 0 atom stereocenters. The van der Waals surface area contributed by atoms with Gasteiger partial charge in [0.25, 0.3) is 0 Å². The van der Waals surface area contributed by atoms with E-state index in [2.05, 4.69) is 4.72 Å². The van der Waals surface area contributed by atoms with Crippen LogP contribution in [0.5, 0.6) is 0 Å². The lowest BCUT2D eigenvalue weighted by atomic mass is 10.0. The fourth-order valence-electron chi connectivity index (χ4n) is 1.89. The van der Waals surface area contributed by atoms with Gasteiger partial charge in [0, 0.05) is 5.92 Å². The van der Waals surface area contributed by atoms with Crippen LogP contribution >= 0.6 is 0 Å². The van der Waals surface area contributed by atoms with Crippen LogP contribution in [-0.4, -0.2) is 14.3 Å². The number of nitrogens with one attached hydrogen (secondary N) is 1. The van der Waals surface area contributed by atoms with E-state index in [1.807, 2.05) is 19.9 Å². The number of rotatable bonds is 6. The minimum absolute atomic E-state index is 0.299. The highest BCUT2D eigenvalue weighted by atomic mass is 32.2. The molecular weight excluding hydrogens is 276 g/mol. The Morgan fingerprint density at radius 1 is 1.30 bits per heavy atom. The number of amides is 1. The Kier molecular flexibility index (Phi) is 5.71. The molecule has 0 saturated heterocycles. The standard InChI is InChI=1S/C14H18N2O3S/c1-3-11(4-2)14(17)16-20(18,19)10-13-8-6-5-7-12(13)9-15/h5-8,11H,3-4,10H2,1-2H3,(H,16,17). The summed E-state index contributed by atoms with van der Waals surface area (Å²) in [7, 11) is -3.78. The van der Waals surface area contributed by atoms with Crippen molar-refractivity contribution in [1.82, 2.24) is 4.72 Å². The fraction of sp³-hybridized carbons (Fsp3) is 0.429. The second-order valence-electron chi connectivity index (χ2n) is 4.51. The number of nitrogens with zero attached hydrogens (tertiary/aromatic N) is 1. The number of carbonyl (C=O) groups excluding carboxylic acids is 1. The Morgan fingerprint density at radius 3 is 2.45 bits per heavy atom. The molecule has 0 aliphatic heterocycles. The van der Waals surface area contributed by atoms with E-state index >= 15 is 0 Å². The van der Waals surface area contributed by atoms with Crippen LogP contribution in [-0.2, 0) is 20.6 Å². The number of sulfonamides is 1. The second kappa shape index (κ2) is 7.06. The number of hydrogen-bond acceptors (Lipinski definition) is 4. The molecule has 5 nitrogen and oxygen atoms in total. The lowest BCUT2D eigenvalue weighted by Crippen LogP contribution is -2.36. The first-order valence-corrected chi connectivity index (χ1v) is 8.11. The van der Waals surface area contributed by atoms with Crippen LogP contribution in [0.3, 0.4) is 0 Å². The van der Waals surface area contributed by atoms with Crippen LogP contribution in [0.2, 0.25) is 0 Å². The van der Waals surface area contributed by atoms with E-state index in [1.165, 1.54) is 0 Å². The summed E-state index contributed by atoms with van der Waals surface area (Å²) in [5.41, 5.74) is 0.688. The highest BCUT2D eigenvalue weighted by Gasteiger charge is 2.21. The number of carbonyl (C=O) groups is 1. The zero-order valence-corrected chi connectivity index (χ0v) is 12.4. The van der Waals surface area contributed by atoms with Gasteiger partial charge >= 0.3 is 0 Å². The molecule has 0 bridgehead atoms. The van der Waals surface area contributed by atoms with E-state index in [-0.39, 0.29) is 11.7 Å². The van der Waals surface area contributed by atoms with Gasteiger partial charge in [-0.1, -0.05) is 32.0 Å². The van der Waals surface area contributed by atoms with Gasteiger partial charge in [0.1, 0.15) is 0 Å². The van der Waals surface area contributed by atoms with Gasteiger partial charge in [-0.15, -0.1) is 0 Å². The first kappa shape index (κ1) is 16.2. The number of hydrogen-bond donors (Lipinski definition) is 1. The van der Waals surface area contributed by atoms with Crippen molar-refractivity contribution in [2.24, 2.45) is 5.92 Å². The minimum atomic E-state index is -3.78. The first-order valence-electron chi connectivity index (χ1n) is 6.45. The topological polar surface area (TPSA) is 87.0 Å². The molecule has 20 heavy (non-hydrogen) atoms. The van der Waals surface area contributed by atoms with Gasteiger partial charge in [0.05, 0.1) is 17.4 Å². The first-order chi connectivity index (χ1) is 9.43. The van der Waals surface area contributed by atoms with Gasteiger partial charge in [-0.05, 0) is 24.5 Å². The van der Waals surface area contributed by atoms with Gasteiger partial charge in [0.2, 0.25) is 15.9 Å². The van der Waals surface area contributed by atoms with Crippen molar-refractivity contribution in [3.8, 4) is 6.07 Å². The molecule has 0 spiro atoms. The van der Waals surface area contributed by atoms with Crippen LogP contribution in [0, 0.1) is 17.2 Å². The average Bonchev–Trinajstić information content (AvgIpc) is 2.39. The SMILES string of the molecule is CCC(CC)C(=O)NS(=O)(=O)Cc1ccccc1C#N. The molecule has 0 fully saturated rings. The molecular formula is C14H18N2O3S. The quantitative estimate of drug-likeness (QED) is 0.868. The molecule has 1 aromatic rings. The summed E-state index contributed by atoms with van der Waals surface area (Å²) in [4.78, 5) is 11.8. The Morgan fingerprint density at radius 2 is 1.90 bits per heavy atom. The second-order valence-corrected chi connectivity index (χ2v) is 6.23.